The van der Waals surface area contributed by atoms with Gasteiger partial charge in [0.15, 0.2) is 0 Å². The van der Waals surface area contributed by atoms with Crippen LogP contribution in [-0.2, 0) is 10.0 Å². The summed E-state index contributed by atoms with van der Waals surface area (Å²) in [5.74, 6) is 0. The molecule has 1 saturated heterocycles. The number of pyridine rings is 1. The highest BCUT2D eigenvalue weighted by molar-refractivity contribution is 8.00. The summed E-state index contributed by atoms with van der Waals surface area (Å²) in [6.07, 6.45) is 1.25. The molecule has 0 spiro atoms. The van der Waals surface area contributed by atoms with Gasteiger partial charge in [0.1, 0.15) is 10.0 Å². The zero-order chi connectivity index (χ0) is 14.2. The lowest BCUT2D eigenvalue weighted by molar-refractivity contribution is 0.404. The van der Waals surface area contributed by atoms with Crippen LogP contribution in [0.3, 0.4) is 0 Å². The fourth-order valence-corrected chi connectivity index (χ4v) is 5.46. The molecular weight excluding hydrogens is 327 g/mol. The number of hydrogen-bond acceptors (Lipinski definition) is 4. The molecule has 1 aromatic rings. The maximum absolute atomic E-state index is 12.5. The molecule has 8 heteroatoms. The molecule has 2 atom stereocenters. The van der Waals surface area contributed by atoms with Crippen molar-refractivity contribution in [1.29, 1.82) is 0 Å². The van der Waals surface area contributed by atoms with Gasteiger partial charge in [0.2, 0.25) is 10.0 Å². The average Bonchev–Trinajstić information content (AvgIpc) is 2.31. The lowest BCUT2D eigenvalue weighted by Gasteiger charge is -2.33. The Morgan fingerprint density at radius 2 is 1.89 bits per heavy atom. The third kappa shape index (κ3) is 3.36. The fourth-order valence-electron chi connectivity index (χ4n) is 2.02. The maximum atomic E-state index is 12.5. The molecule has 2 unspecified atom stereocenters. The molecule has 0 bridgehead atoms. The van der Waals surface area contributed by atoms with Gasteiger partial charge >= 0.3 is 0 Å². The van der Waals surface area contributed by atoms with Crippen LogP contribution in [0.1, 0.15) is 13.8 Å². The van der Waals surface area contributed by atoms with E-state index >= 15 is 0 Å². The minimum Gasteiger partial charge on any atom is -0.242 e. The van der Waals surface area contributed by atoms with Crippen LogP contribution < -0.4 is 0 Å². The highest BCUT2D eigenvalue weighted by Crippen LogP contribution is 2.30. The summed E-state index contributed by atoms with van der Waals surface area (Å²) in [4.78, 5) is 3.89. The van der Waals surface area contributed by atoms with Crippen LogP contribution in [0.25, 0.3) is 0 Å². The first-order valence-corrected chi connectivity index (χ1v) is 8.91. The quantitative estimate of drug-likeness (QED) is 0.776. The van der Waals surface area contributed by atoms with Crippen LogP contribution in [-0.4, -0.2) is 41.3 Å². The van der Waals surface area contributed by atoms with Gasteiger partial charge < -0.3 is 0 Å². The van der Waals surface area contributed by atoms with Crippen LogP contribution in [0.4, 0.5) is 0 Å². The minimum absolute atomic E-state index is 0.0909. The first kappa shape index (κ1) is 15.4. The molecule has 1 fully saturated rings. The summed E-state index contributed by atoms with van der Waals surface area (Å²) < 4.78 is 26.5. The largest absolute Gasteiger partial charge is 0.244 e. The van der Waals surface area contributed by atoms with Crippen molar-refractivity contribution in [2.75, 3.05) is 13.1 Å². The topological polar surface area (TPSA) is 50.3 Å². The number of aromatic nitrogens is 1. The van der Waals surface area contributed by atoms with Gasteiger partial charge in [-0.3, -0.25) is 0 Å². The van der Waals surface area contributed by atoms with Crippen molar-refractivity contribution in [3.05, 3.63) is 22.4 Å². The Bertz CT molecular complexity index is 570. The Balaban J connectivity index is 2.33. The van der Waals surface area contributed by atoms with Crippen molar-refractivity contribution in [2.24, 2.45) is 0 Å². The molecule has 106 valence electrons. The molecule has 0 amide bonds. The average molecular weight is 341 g/mol. The standard InChI is InChI=1S/C11H14Cl2N2O2S2/c1-7-5-15(6-8(2)18-7)19(16,17)9-3-10(12)11(13)14-4-9/h3-4,7-8H,5-6H2,1-2H3. The summed E-state index contributed by atoms with van der Waals surface area (Å²) in [5, 5.41) is 0.801. The zero-order valence-corrected chi connectivity index (χ0v) is 13.7. The van der Waals surface area contributed by atoms with E-state index in [9.17, 15) is 8.42 Å². The second kappa shape index (κ2) is 5.77. The van der Waals surface area contributed by atoms with Crippen molar-refractivity contribution in [2.45, 2.75) is 29.2 Å². The molecule has 1 aromatic heterocycles. The van der Waals surface area contributed by atoms with Gasteiger partial charge in [-0.1, -0.05) is 37.0 Å². The third-order valence-corrected chi connectivity index (χ3v) is 6.51. The number of nitrogens with zero attached hydrogens (tertiary/aromatic N) is 2. The minimum atomic E-state index is -3.55. The van der Waals surface area contributed by atoms with Crippen LogP contribution in [0.5, 0.6) is 0 Å². The SMILES string of the molecule is CC1CN(S(=O)(=O)c2cnc(Cl)c(Cl)c2)CC(C)S1. The van der Waals surface area contributed by atoms with Gasteiger partial charge in [-0.15, -0.1) is 0 Å². The first-order chi connectivity index (χ1) is 8.80. The van der Waals surface area contributed by atoms with Crippen molar-refractivity contribution in [3.63, 3.8) is 0 Å². The van der Waals surface area contributed by atoms with E-state index in [1.807, 2.05) is 13.8 Å². The lowest BCUT2D eigenvalue weighted by Crippen LogP contribution is -2.43. The maximum Gasteiger partial charge on any atom is 0.244 e. The Hall–Kier alpha value is -0.0100. The Morgan fingerprint density at radius 1 is 1.32 bits per heavy atom. The Morgan fingerprint density at radius 3 is 2.42 bits per heavy atom. The smallest absolute Gasteiger partial charge is 0.242 e. The predicted molar refractivity (Wildman–Crippen MR) is 79.5 cm³/mol. The summed E-state index contributed by atoms with van der Waals surface area (Å²) in [5.41, 5.74) is 0. The van der Waals surface area contributed by atoms with E-state index in [1.54, 1.807) is 11.8 Å². The number of halogens is 2. The highest BCUT2D eigenvalue weighted by Gasteiger charge is 2.32. The highest BCUT2D eigenvalue weighted by atomic mass is 35.5. The van der Waals surface area contributed by atoms with E-state index in [-0.39, 0.29) is 25.6 Å². The van der Waals surface area contributed by atoms with Gasteiger partial charge in [-0.2, -0.15) is 16.1 Å². The fraction of sp³-hybridized carbons (Fsp3) is 0.545. The van der Waals surface area contributed by atoms with Gasteiger partial charge in [0, 0.05) is 29.8 Å². The molecular formula is C11H14Cl2N2O2S2. The number of rotatable bonds is 2. The molecule has 0 radical (unpaired) electrons. The molecule has 0 saturated carbocycles. The van der Waals surface area contributed by atoms with Gasteiger partial charge in [0.05, 0.1) is 5.02 Å². The van der Waals surface area contributed by atoms with Crippen LogP contribution >= 0.6 is 35.0 Å². The molecule has 2 heterocycles. The van der Waals surface area contributed by atoms with E-state index in [4.69, 9.17) is 23.2 Å². The summed E-state index contributed by atoms with van der Waals surface area (Å²) in [6.45, 7) is 5.04. The van der Waals surface area contributed by atoms with Crippen molar-refractivity contribution in [1.82, 2.24) is 9.29 Å². The summed E-state index contributed by atoms with van der Waals surface area (Å²) >= 11 is 13.3. The lowest BCUT2D eigenvalue weighted by atomic mass is 10.4. The Kier molecular flexibility index (Phi) is 4.67. The number of sulfonamides is 1. The van der Waals surface area contributed by atoms with E-state index in [0.29, 0.717) is 13.1 Å². The van der Waals surface area contributed by atoms with Crippen LogP contribution in [0.2, 0.25) is 10.2 Å². The second-order valence-corrected chi connectivity index (χ2v) is 9.11. The monoisotopic (exact) mass is 340 g/mol. The summed E-state index contributed by atoms with van der Waals surface area (Å²) in [7, 11) is -3.55. The van der Waals surface area contributed by atoms with Crippen LogP contribution in [0, 0.1) is 0 Å². The molecule has 1 aliphatic heterocycles. The van der Waals surface area contributed by atoms with Crippen molar-refractivity contribution in [3.8, 4) is 0 Å². The molecule has 1 aliphatic rings. The molecule has 0 aliphatic carbocycles. The van der Waals surface area contributed by atoms with Crippen LogP contribution in [0.15, 0.2) is 17.2 Å². The molecule has 0 N–H and O–H groups in total. The van der Waals surface area contributed by atoms with Gasteiger partial charge in [0.25, 0.3) is 0 Å². The molecule has 0 aromatic carbocycles. The molecule has 19 heavy (non-hydrogen) atoms. The van der Waals surface area contributed by atoms with Gasteiger partial charge in [-0.25, -0.2) is 13.4 Å². The third-order valence-electron chi connectivity index (χ3n) is 2.80. The number of thioether (sulfide) groups is 1. The predicted octanol–water partition coefficient (Wildman–Crippen LogP) is 2.90. The zero-order valence-electron chi connectivity index (χ0n) is 10.5. The van der Waals surface area contributed by atoms with E-state index in [2.05, 4.69) is 4.98 Å². The normalized spacial score (nSPS) is 25.5. The number of hydrogen-bond donors (Lipinski definition) is 0. The molecule has 4 nitrogen and oxygen atoms in total. The van der Waals surface area contributed by atoms with E-state index < -0.39 is 10.0 Å². The van der Waals surface area contributed by atoms with E-state index in [1.165, 1.54) is 16.6 Å². The van der Waals surface area contributed by atoms with Gasteiger partial charge in [-0.05, 0) is 6.07 Å². The molecule has 2 rings (SSSR count). The Labute approximate surface area is 127 Å². The first-order valence-electron chi connectivity index (χ1n) is 5.77. The second-order valence-electron chi connectivity index (χ2n) is 4.52. The van der Waals surface area contributed by atoms with Crippen molar-refractivity contribution >= 4 is 45.0 Å². The van der Waals surface area contributed by atoms with Crippen molar-refractivity contribution < 1.29 is 8.42 Å². The summed E-state index contributed by atoms with van der Waals surface area (Å²) in [6, 6.07) is 1.35. The van der Waals surface area contributed by atoms with E-state index in [0.717, 1.165) is 0 Å².